The molecule has 90 valence electrons. The Bertz CT molecular complexity index is 315. The van der Waals surface area contributed by atoms with Gasteiger partial charge < -0.3 is 10.6 Å². The minimum atomic E-state index is -0.191. The molecule has 0 aromatic heterocycles. The van der Waals surface area contributed by atoms with E-state index in [2.05, 4.69) is 18.7 Å². The van der Waals surface area contributed by atoms with Crippen molar-refractivity contribution < 1.29 is 4.39 Å². The van der Waals surface area contributed by atoms with E-state index in [1.165, 1.54) is 6.07 Å². The van der Waals surface area contributed by atoms with Crippen molar-refractivity contribution in [3.05, 3.63) is 30.1 Å². The van der Waals surface area contributed by atoms with E-state index < -0.39 is 0 Å². The smallest absolute Gasteiger partial charge is 0.125 e. The van der Waals surface area contributed by atoms with Crippen LogP contribution in [0.1, 0.15) is 26.7 Å². The fourth-order valence-electron chi connectivity index (χ4n) is 2.04. The molecular formula is C13H21FN2. The molecule has 0 radical (unpaired) electrons. The van der Waals surface area contributed by atoms with Crippen molar-refractivity contribution in [2.45, 2.75) is 32.7 Å². The average Bonchev–Trinajstić information content (AvgIpc) is 2.29. The number of benzene rings is 1. The molecule has 1 rings (SSSR count). The molecule has 1 aromatic carbocycles. The topological polar surface area (TPSA) is 29.3 Å². The van der Waals surface area contributed by atoms with Crippen molar-refractivity contribution in [2.75, 3.05) is 18.0 Å². The van der Waals surface area contributed by atoms with Gasteiger partial charge in [0.2, 0.25) is 0 Å². The van der Waals surface area contributed by atoms with Gasteiger partial charge in [0, 0.05) is 24.8 Å². The first kappa shape index (κ1) is 13.0. The number of hydrogen-bond donors (Lipinski definition) is 1. The number of rotatable bonds is 6. The molecule has 2 nitrogen and oxygen atoms in total. The Morgan fingerprint density at radius 2 is 2.12 bits per heavy atom. The zero-order chi connectivity index (χ0) is 12.0. The molecule has 0 bridgehead atoms. The van der Waals surface area contributed by atoms with Crippen molar-refractivity contribution >= 4 is 5.69 Å². The molecule has 2 N–H and O–H groups in total. The molecule has 0 heterocycles. The van der Waals surface area contributed by atoms with Gasteiger partial charge in [-0.2, -0.15) is 0 Å². The number of anilines is 1. The van der Waals surface area contributed by atoms with E-state index in [0.29, 0.717) is 12.6 Å². The van der Waals surface area contributed by atoms with Crippen molar-refractivity contribution in [1.82, 2.24) is 0 Å². The normalized spacial score (nSPS) is 12.5. The van der Waals surface area contributed by atoms with Crippen molar-refractivity contribution in [1.29, 1.82) is 0 Å². The number of hydrogen-bond acceptors (Lipinski definition) is 2. The van der Waals surface area contributed by atoms with Gasteiger partial charge in [-0.1, -0.05) is 19.4 Å². The Kier molecular flexibility index (Phi) is 5.26. The molecule has 1 aromatic rings. The fraction of sp³-hybridized carbons (Fsp3) is 0.538. The maximum Gasteiger partial charge on any atom is 0.125 e. The molecule has 0 aliphatic heterocycles. The van der Waals surface area contributed by atoms with E-state index in [1.54, 1.807) is 12.1 Å². The van der Waals surface area contributed by atoms with E-state index in [4.69, 9.17) is 5.73 Å². The third-order valence-electron chi connectivity index (χ3n) is 2.82. The predicted octanol–water partition coefficient (Wildman–Crippen LogP) is 2.78. The molecule has 16 heavy (non-hydrogen) atoms. The molecule has 0 saturated carbocycles. The molecule has 0 aliphatic carbocycles. The number of nitrogens with two attached hydrogens (primary N) is 1. The van der Waals surface area contributed by atoms with Gasteiger partial charge in [0.15, 0.2) is 0 Å². The molecule has 0 spiro atoms. The fourth-order valence-corrected chi connectivity index (χ4v) is 2.04. The van der Waals surface area contributed by atoms with Gasteiger partial charge in [-0.15, -0.1) is 0 Å². The van der Waals surface area contributed by atoms with E-state index in [1.807, 2.05) is 6.07 Å². The van der Waals surface area contributed by atoms with E-state index >= 15 is 0 Å². The monoisotopic (exact) mass is 224 g/mol. The molecule has 1 atom stereocenters. The Hall–Kier alpha value is -1.09. The Morgan fingerprint density at radius 3 is 2.62 bits per heavy atom. The highest BCUT2D eigenvalue weighted by Crippen LogP contribution is 2.19. The third kappa shape index (κ3) is 3.20. The SMILES string of the molecule is CCCC(CN)N(CC)c1cccc(F)c1. The van der Waals surface area contributed by atoms with Crippen molar-refractivity contribution in [3.63, 3.8) is 0 Å². The quantitative estimate of drug-likeness (QED) is 0.805. The van der Waals surface area contributed by atoms with Crippen LogP contribution in [0.2, 0.25) is 0 Å². The number of nitrogens with zero attached hydrogens (tertiary/aromatic N) is 1. The second-order valence-electron chi connectivity index (χ2n) is 3.94. The number of likely N-dealkylation sites (N-methyl/N-ethyl adjacent to an activating group) is 1. The lowest BCUT2D eigenvalue weighted by atomic mass is 10.1. The van der Waals surface area contributed by atoms with Gasteiger partial charge >= 0.3 is 0 Å². The zero-order valence-corrected chi connectivity index (χ0v) is 10.1. The highest BCUT2D eigenvalue weighted by molar-refractivity contribution is 5.47. The first-order valence-corrected chi connectivity index (χ1v) is 5.95. The highest BCUT2D eigenvalue weighted by Gasteiger charge is 2.15. The Balaban J connectivity index is 2.87. The molecule has 0 saturated heterocycles. The molecular weight excluding hydrogens is 203 g/mol. The van der Waals surface area contributed by atoms with Crippen LogP contribution in [0.25, 0.3) is 0 Å². The van der Waals surface area contributed by atoms with Crippen LogP contribution in [0.3, 0.4) is 0 Å². The third-order valence-corrected chi connectivity index (χ3v) is 2.82. The van der Waals surface area contributed by atoms with Gasteiger partial charge in [0.1, 0.15) is 5.82 Å². The summed E-state index contributed by atoms with van der Waals surface area (Å²) in [5, 5.41) is 0. The maximum atomic E-state index is 13.2. The van der Waals surface area contributed by atoms with Crippen LogP contribution in [0.5, 0.6) is 0 Å². The van der Waals surface area contributed by atoms with Crippen LogP contribution in [0, 0.1) is 5.82 Å². The second-order valence-corrected chi connectivity index (χ2v) is 3.94. The summed E-state index contributed by atoms with van der Waals surface area (Å²) in [4.78, 5) is 2.17. The van der Waals surface area contributed by atoms with Crippen molar-refractivity contribution in [2.24, 2.45) is 5.73 Å². The highest BCUT2D eigenvalue weighted by atomic mass is 19.1. The van der Waals surface area contributed by atoms with Crippen LogP contribution in [-0.2, 0) is 0 Å². The summed E-state index contributed by atoms with van der Waals surface area (Å²) in [5.74, 6) is -0.191. The minimum absolute atomic E-state index is 0.191. The summed E-state index contributed by atoms with van der Waals surface area (Å²) in [7, 11) is 0. The van der Waals surface area contributed by atoms with Gasteiger partial charge in [0.25, 0.3) is 0 Å². The second kappa shape index (κ2) is 6.48. The van der Waals surface area contributed by atoms with E-state index in [-0.39, 0.29) is 5.82 Å². The first-order valence-electron chi connectivity index (χ1n) is 5.95. The molecule has 3 heteroatoms. The lowest BCUT2D eigenvalue weighted by Gasteiger charge is -2.32. The van der Waals surface area contributed by atoms with Crippen molar-refractivity contribution in [3.8, 4) is 0 Å². The van der Waals surface area contributed by atoms with Crippen LogP contribution in [0.4, 0.5) is 10.1 Å². The molecule has 0 aliphatic rings. The summed E-state index contributed by atoms with van der Waals surface area (Å²) in [6.45, 7) is 5.68. The predicted molar refractivity (Wildman–Crippen MR) is 67.2 cm³/mol. The van der Waals surface area contributed by atoms with Crippen LogP contribution in [0.15, 0.2) is 24.3 Å². The summed E-state index contributed by atoms with van der Waals surface area (Å²) < 4.78 is 13.2. The lowest BCUT2D eigenvalue weighted by molar-refractivity contribution is 0.555. The summed E-state index contributed by atoms with van der Waals surface area (Å²) in [6, 6.07) is 7.02. The molecule has 1 unspecified atom stereocenters. The van der Waals surface area contributed by atoms with Gasteiger partial charge in [-0.25, -0.2) is 4.39 Å². The average molecular weight is 224 g/mol. The largest absolute Gasteiger partial charge is 0.367 e. The minimum Gasteiger partial charge on any atom is -0.367 e. The number of halogens is 1. The first-order chi connectivity index (χ1) is 7.72. The molecule has 0 amide bonds. The van der Waals surface area contributed by atoms with Crippen LogP contribution in [-0.4, -0.2) is 19.1 Å². The Labute approximate surface area is 97.3 Å². The zero-order valence-electron chi connectivity index (χ0n) is 10.1. The Morgan fingerprint density at radius 1 is 1.38 bits per heavy atom. The van der Waals surface area contributed by atoms with Crippen LogP contribution >= 0.6 is 0 Å². The summed E-state index contributed by atoms with van der Waals surface area (Å²) >= 11 is 0. The maximum absolute atomic E-state index is 13.2. The van der Waals surface area contributed by atoms with E-state index in [0.717, 1.165) is 25.1 Å². The summed E-state index contributed by atoms with van der Waals surface area (Å²) in [5.41, 5.74) is 6.70. The standard InChI is InChI=1S/C13H21FN2/c1-3-6-13(10-15)16(4-2)12-8-5-7-11(14)9-12/h5,7-9,13H,3-4,6,10,15H2,1-2H3. The summed E-state index contributed by atoms with van der Waals surface area (Å²) in [6.07, 6.45) is 2.13. The van der Waals surface area contributed by atoms with Gasteiger partial charge in [0.05, 0.1) is 0 Å². The van der Waals surface area contributed by atoms with Crippen LogP contribution < -0.4 is 10.6 Å². The van der Waals surface area contributed by atoms with Gasteiger partial charge in [-0.05, 0) is 31.5 Å². The van der Waals surface area contributed by atoms with E-state index in [9.17, 15) is 4.39 Å². The molecule has 0 fully saturated rings. The van der Waals surface area contributed by atoms with Gasteiger partial charge in [-0.3, -0.25) is 0 Å². The lowest BCUT2D eigenvalue weighted by Crippen LogP contribution is -2.40.